The summed E-state index contributed by atoms with van der Waals surface area (Å²) in [6.45, 7) is 1.91. The van der Waals surface area contributed by atoms with Crippen molar-refractivity contribution >= 4 is 52.1 Å². The summed E-state index contributed by atoms with van der Waals surface area (Å²) in [7, 11) is 2.83. The van der Waals surface area contributed by atoms with E-state index in [1.807, 2.05) is 31.2 Å². The average molecular weight is 811 g/mol. The van der Waals surface area contributed by atoms with Gasteiger partial charge in [-0.2, -0.15) is 5.01 Å². The third-order valence-corrected chi connectivity index (χ3v) is 12.7. The fourth-order valence-corrected chi connectivity index (χ4v) is 10.3. The first-order chi connectivity index (χ1) is 28.7. The Kier molecular flexibility index (Phi) is 8.84. The van der Waals surface area contributed by atoms with Crippen LogP contribution in [-0.2, 0) is 31.0 Å². The number of allylic oxidation sites excluding steroid dienone is 3. The Hall–Kier alpha value is -7.36. The number of nitro benzene ring substituents is 2. The van der Waals surface area contributed by atoms with E-state index in [2.05, 4.69) is 5.43 Å². The van der Waals surface area contributed by atoms with Gasteiger partial charge in [-0.15, -0.1) is 0 Å². The van der Waals surface area contributed by atoms with Crippen molar-refractivity contribution in [3.05, 3.63) is 145 Å². The van der Waals surface area contributed by atoms with E-state index in [9.17, 15) is 34.9 Å². The molecule has 4 aromatic carbocycles. The number of phenols is 1. The zero-order chi connectivity index (χ0) is 42.4. The van der Waals surface area contributed by atoms with E-state index in [1.54, 1.807) is 54.8 Å². The molecule has 0 spiro atoms. The fraction of sp³-hybridized carbons (Fsp3) is 0.273. The second kappa shape index (κ2) is 13.9. The van der Waals surface area contributed by atoms with Gasteiger partial charge in [-0.3, -0.25) is 44.8 Å². The van der Waals surface area contributed by atoms with E-state index >= 15 is 9.59 Å². The number of carbonyl (C=O) groups excluding carboxylic acids is 4. The van der Waals surface area contributed by atoms with Crippen LogP contribution in [0.25, 0.3) is 0 Å². The van der Waals surface area contributed by atoms with Crippen molar-refractivity contribution < 1.29 is 38.9 Å². The minimum absolute atomic E-state index is 0.00494. The first-order valence-electron chi connectivity index (χ1n) is 19.4. The molecule has 2 aliphatic carbocycles. The number of anilines is 3. The highest BCUT2D eigenvalue weighted by atomic mass is 16.6. The van der Waals surface area contributed by atoms with E-state index in [4.69, 9.17) is 4.74 Å². The van der Waals surface area contributed by atoms with E-state index in [-0.39, 0.29) is 36.4 Å². The van der Waals surface area contributed by atoms with Crippen molar-refractivity contribution in [2.75, 3.05) is 29.3 Å². The summed E-state index contributed by atoms with van der Waals surface area (Å²) >= 11 is 0. The van der Waals surface area contributed by atoms with Crippen LogP contribution < -0.4 is 20.0 Å². The Morgan fingerprint density at radius 3 is 2.20 bits per heavy atom. The van der Waals surface area contributed by atoms with Crippen LogP contribution in [0.2, 0.25) is 0 Å². The molecule has 4 amide bonds. The smallest absolute Gasteiger partial charge is 0.301 e. The molecule has 3 aliphatic heterocycles. The molecule has 3 heterocycles. The number of carbonyl (C=O) groups is 4. The molecule has 1 saturated carbocycles. The lowest BCUT2D eigenvalue weighted by Crippen LogP contribution is -2.55. The van der Waals surface area contributed by atoms with Gasteiger partial charge in [0.25, 0.3) is 11.8 Å². The van der Waals surface area contributed by atoms with E-state index in [0.29, 0.717) is 33.7 Å². The van der Waals surface area contributed by atoms with Crippen LogP contribution in [0.5, 0.6) is 11.5 Å². The normalized spacial score (nSPS) is 25.4. The number of amides is 4. The number of fused-ring (bicyclic) bond motifs is 5. The average Bonchev–Trinajstić information content (AvgIpc) is 3.61. The van der Waals surface area contributed by atoms with Crippen LogP contribution in [0.3, 0.4) is 0 Å². The molecule has 0 radical (unpaired) electrons. The lowest BCUT2D eigenvalue weighted by atomic mass is 9.48. The van der Waals surface area contributed by atoms with Gasteiger partial charge in [0.1, 0.15) is 11.5 Å². The van der Waals surface area contributed by atoms with Crippen molar-refractivity contribution in [2.24, 2.45) is 29.6 Å². The maximum atomic E-state index is 15.5. The first-order valence-corrected chi connectivity index (χ1v) is 19.4. The molecule has 16 nitrogen and oxygen atoms in total. The SMILES string of the molecule is Cc1ccc(NN2C(=O)C3CC4C(=CCC5C(=O)N(c6cc([N+](=O)[O-])c(N(C)C)c([N+](=O)[O-])c6)C(=O)C54)C(C4=COc5ccc(O)cc5C4)C3(c3ccccc3)C2=O)cc1. The number of hydrogen-bond acceptors (Lipinski definition) is 12. The number of aryl methyl sites for hydroxylation is 1. The number of phenolic OH excluding ortho intramolecular Hbond substituents is 1. The number of nitrogens with one attached hydrogen (secondary N) is 1. The van der Waals surface area contributed by atoms with E-state index < -0.39 is 79.9 Å². The number of rotatable bonds is 8. The molecule has 0 bridgehead atoms. The molecule has 5 aliphatic rings. The van der Waals surface area contributed by atoms with Crippen molar-refractivity contribution in [3.8, 4) is 11.5 Å². The molecular weight excluding hydrogens is 773 g/mol. The predicted molar refractivity (Wildman–Crippen MR) is 217 cm³/mol. The molecule has 60 heavy (non-hydrogen) atoms. The van der Waals surface area contributed by atoms with Crippen LogP contribution in [0.15, 0.2) is 108 Å². The van der Waals surface area contributed by atoms with Crippen molar-refractivity contribution in [1.82, 2.24) is 5.01 Å². The number of ether oxygens (including phenoxy) is 1. The Labute approximate surface area is 342 Å². The van der Waals surface area contributed by atoms with Gasteiger partial charge in [-0.05, 0) is 67.2 Å². The van der Waals surface area contributed by atoms with Gasteiger partial charge in [0, 0.05) is 44.1 Å². The maximum Gasteiger partial charge on any atom is 0.301 e. The molecule has 0 aromatic heterocycles. The Balaban J connectivity index is 1.21. The highest BCUT2D eigenvalue weighted by Crippen LogP contribution is 2.63. The molecule has 16 heteroatoms. The van der Waals surface area contributed by atoms with Crippen molar-refractivity contribution in [3.63, 3.8) is 0 Å². The number of nitrogens with zero attached hydrogens (tertiary/aromatic N) is 5. The Morgan fingerprint density at radius 2 is 1.55 bits per heavy atom. The zero-order valence-electron chi connectivity index (χ0n) is 32.6. The summed E-state index contributed by atoms with van der Waals surface area (Å²) in [6, 6.07) is 22.9. The van der Waals surface area contributed by atoms with E-state index in [1.165, 1.54) is 25.1 Å². The number of hydrazine groups is 1. The number of benzene rings is 4. The van der Waals surface area contributed by atoms with Gasteiger partial charge in [-0.1, -0.05) is 59.7 Å². The summed E-state index contributed by atoms with van der Waals surface area (Å²) < 4.78 is 6.17. The second-order valence-electron chi connectivity index (χ2n) is 16.1. The summed E-state index contributed by atoms with van der Waals surface area (Å²) in [5.41, 5.74) is 3.50. The van der Waals surface area contributed by atoms with Gasteiger partial charge < -0.3 is 14.7 Å². The minimum atomic E-state index is -1.57. The summed E-state index contributed by atoms with van der Waals surface area (Å²) in [5.74, 6) is -6.74. The largest absolute Gasteiger partial charge is 0.508 e. The van der Waals surface area contributed by atoms with Gasteiger partial charge in [0.05, 0.1) is 50.7 Å². The van der Waals surface area contributed by atoms with Gasteiger partial charge in [-0.25, -0.2) is 4.90 Å². The highest BCUT2D eigenvalue weighted by molar-refractivity contribution is 6.23. The van der Waals surface area contributed by atoms with Crippen LogP contribution in [0.1, 0.15) is 29.5 Å². The Morgan fingerprint density at radius 1 is 0.867 bits per heavy atom. The molecule has 2 N–H and O–H groups in total. The predicted octanol–water partition coefficient (Wildman–Crippen LogP) is 6.12. The number of hydrogen-bond donors (Lipinski definition) is 2. The van der Waals surface area contributed by atoms with Gasteiger partial charge in [0.2, 0.25) is 11.8 Å². The molecule has 304 valence electrons. The lowest BCUT2D eigenvalue weighted by molar-refractivity contribution is -0.392. The van der Waals surface area contributed by atoms with Crippen molar-refractivity contribution in [2.45, 2.75) is 31.6 Å². The number of nitro groups is 2. The monoisotopic (exact) mass is 810 g/mol. The number of aromatic hydroxyl groups is 1. The van der Waals surface area contributed by atoms with Gasteiger partial charge >= 0.3 is 11.4 Å². The summed E-state index contributed by atoms with van der Waals surface area (Å²) in [4.78, 5) is 84.7. The second-order valence-corrected chi connectivity index (χ2v) is 16.1. The molecule has 6 unspecified atom stereocenters. The molecule has 9 rings (SSSR count). The summed E-state index contributed by atoms with van der Waals surface area (Å²) in [6.07, 6.45) is 3.66. The zero-order valence-corrected chi connectivity index (χ0v) is 32.6. The van der Waals surface area contributed by atoms with Crippen molar-refractivity contribution in [1.29, 1.82) is 0 Å². The molecule has 3 fully saturated rings. The standard InChI is InChI=1S/C44H38N6O10/c1-23-9-11-27(12-10-23)45-48-41(53)33-21-32-30(38(44(33,43(48)55)26-7-5-4-6-8-26)25-17-24-18-29(51)13-16-36(24)60-22-25)14-15-31-37(32)42(54)47(40(31)52)28-19-34(49(56)57)39(46(2)3)35(20-28)50(58)59/h4-14,16,18-20,22,31-33,37-38,45,51H,15,17,21H2,1-3H3. The topological polar surface area (TPSA) is 206 Å². The third-order valence-electron chi connectivity index (χ3n) is 12.7. The molecule has 6 atom stereocenters. The third kappa shape index (κ3) is 5.57. The maximum absolute atomic E-state index is 15.5. The van der Waals surface area contributed by atoms with E-state index in [0.717, 1.165) is 27.6 Å². The number of imide groups is 2. The molecule has 4 aromatic rings. The minimum Gasteiger partial charge on any atom is -0.508 e. The quantitative estimate of drug-likeness (QED) is 0.0893. The fourth-order valence-electron chi connectivity index (χ4n) is 10.3. The van der Waals surface area contributed by atoms with Crippen LogP contribution >= 0.6 is 0 Å². The molecular formula is C44H38N6O10. The van der Waals surface area contributed by atoms with Gasteiger partial charge in [0.15, 0.2) is 5.69 Å². The van der Waals surface area contributed by atoms with Crippen LogP contribution in [0, 0.1) is 56.7 Å². The highest BCUT2D eigenvalue weighted by Gasteiger charge is 2.71. The van der Waals surface area contributed by atoms with Crippen LogP contribution in [0.4, 0.5) is 28.4 Å². The lowest BCUT2D eigenvalue weighted by Gasteiger charge is -2.51. The molecule has 2 saturated heterocycles. The Bertz CT molecular complexity index is 2590. The first kappa shape index (κ1) is 38.2. The summed E-state index contributed by atoms with van der Waals surface area (Å²) in [5, 5.41) is 36.1. The van der Waals surface area contributed by atoms with Crippen LogP contribution in [-0.4, -0.2) is 57.7 Å².